The van der Waals surface area contributed by atoms with E-state index in [2.05, 4.69) is 9.97 Å². The van der Waals surface area contributed by atoms with Crippen LogP contribution in [0.3, 0.4) is 0 Å². The van der Waals surface area contributed by atoms with Gasteiger partial charge in [0.05, 0.1) is 11.9 Å². The lowest BCUT2D eigenvalue weighted by molar-refractivity contribution is 0.525. The molecule has 84 valence electrons. The molecule has 2 aromatic heterocycles. The Morgan fingerprint density at radius 1 is 1.00 bits per heavy atom. The van der Waals surface area contributed by atoms with Gasteiger partial charge >= 0.3 is 0 Å². The van der Waals surface area contributed by atoms with Gasteiger partial charge in [0.2, 0.25) is 0 Å². The van der Waals surface area contributed by atoms with Crippen LogP contribution in [0.1, 0.15) is 31.1 Å². The monoisotopic (exact) mass is 210 g/mol. The quantitative estimate of drug-likeness (QED) is 0.669. The molecule has 0 fully saturated rings. The van der Waals surface area contributed by atoms with Crippen LogP contribution < -0.4 is 0 Å². The summed E-state index contributed by atoms with van der Waals surface area (Å²) in [5.74, 6) is 1.76. The maximum absolute atomic E-state index is 4.85. The summed E-state index contributed by atoms with van der Waals surface area (Å²) in [6.07, 6.45) is 4.53. The molecule has 2 rings (SSSR count). The van der Waals surface area contributed by atoms with E-state index in [9.17, 15) is 0 Å². The first kappa shape index (κ1) is 13.4. The molecular formula is C11H18N2O2. The lowest BCUT2D eigenvalue weighted by atomic mass is 10.4. The lowest BCUT2D eigenvalue weighted by Crippen LogP contribution is -1.69. The lowest BCUT2D eigenvalue weighted by Gasteiger charge is -1.76. The molecule has 0 saturated carbocycles. The summed E-state index contributed by atoms with van der Waals surface area (Å²) in [7, 11) is 0. The van der Waals surface area contributed by atoms with Crippen molar-refractivity contribution in [1.82, 2.24) is 9.97 Å². The molecule has 0 aliphatic heterocycles. The Kier molecular flexibility index (Phi) is 6.97. The van der Waals surface area contributed by atoms with Gasteiger partial charge in [0.25, 0.3) is 0 Å². The highest BCUT2D eigenvalue weighted by Gasteiger charge is 1.90. The van der Waals surface area contributed by atoms with E-state index in [1.54, 1.807) is 6.20 Å². The molecule has 0 aliphatic rings. The van der Waals surface area contributed by atoms with Gasteiger partial charge < -0.3 is 8.83 Å². The number of aryl methyl sites for hydroxylation is 3. The third kappa shape index (κ3) is 5.67. The molecule has 2 aromatic rings. The van der Waals surface area contributed by atoms with Crippen molar-refractivity contribution in [3.05, 3.63) is 36.2 Å². The molecule has 0 radical (unpaired) electrons. The van der Waals surface area contributed by atoms with Gasteiger partial charge in [0, 0.05) is 0 Å². The van der Waals surface area contributed by atoms with Crippen molar-refractivity contribution in [2.45, 2.75) is 34.6 Å². The maximum atomic E-state index is 4.85. The molecule has 0 atom stereocenters. The summed E-state index contributed by atoms with van der Waals surface area (Å²) in [6, 6.07) is 0. The SMILES string of the molecule is CC.Cc1cnco1.Cc1ncoc1C. The minimum atomic E-state index is 0.856. The Labute approximate surface area is 90.4 Å². The van der Waals surface area contributed by atoms with Crippen LogP contribution in [0.15, 0.2) is 27.8 Å². The van der Waals surface area contributed by atoms with Gasteiger partial charge in [-0.05, 0) is 20.8 Å². The fourth-order valence-electron chi connectivity index (χ4n) is 0.640. The van der Waals surface area contributed by atoms with Crippen LogP contribution in [0.2, 0.25) is 0 Å². The average Bonchev–Trinajstić information content (AvgIpc) is 2.84. The molecule has 0 bridgehead atoms. The van der Waals surface area contributed by atoms with Crippen molar-refractivity contribution in [2.24, 2.45) is 0 Å². The molecule has 2 heterocycles. The van der Waals surface area contributed by atoms with Crippen molar-refractivity contribution in [1.29, 1.82) is 0 Å². The molecule has 0 aliphatic carbocycles. The van der Waals surface area contributed by atoms with Gasteiger partial charge in [-0.3, -0.25) is 0 Å². The van der Waals surface area contributed by atoms with E-state index in [0.29, 0.717) is 0 Å². The topological polar surface area (TPSA) is 52.1 Å². The number of hydrogen-bond acceptors (Lipinski definition) is 4. The highest BCUT2D eigenvalue weighted by molar-refractivity contribution is 5.00. The zero-order valence-corrected chi connectivity index (χ0v) is 9.94. The van der Waals surface area contributed by atoms with E-state index in [0.717, 1.165) is 17.2 Å². The predicted molar refractivity (Wildman–Crippen MR) is 58.6 cm³/mol. The minimum Gasteiger partial charge on any atom is -0.449 e. The van der Waals surface area contributed by atoms with E-state index in [1.807, 2.05) is 34.6 Å². The van der Waals surface area contributed by atoms with Gasteiger partial charge in [-0.15, -0.1) is 0 Å². The third-order valence-corrected chi connectivity index (χ3v) is 1.54. The van der Waals surface area contributed by atoms with E-state index in [1.165, 1.54) is 12.8 Å². The molecular weight excluding hydrogens is 192 g/mol. The molecule has 0 saturated heterocycles. The number of hydrogen-bond donors (Lipinski definition) is 0. The van der Waals surface area contributed by atoms with Crippen LogP contribution in [0.25, 0.3) is 0 Å². The summed E-state index contributed by atoms with van der Waals surface area (Å²) >= 11 is 0. The summed E-state index contributed by atoms with van der Waals surface area (Å²) in [6.45, 7) is 9.66. The third-order valence-electron chi connectivity index (χ3n) is 1.54. The zero-order chi connectivity index (χ0) is 11.7. The molecule has 0 amide bonds. The highest BCUT2D eigenvalue weighted by atomic mass is 16.3. The first-order valence-electron chi connectivity index (χ1n) is 4.92. The van der Waals surface area contributed by atoms with Gasteiger partial charge in [0.1, 0.15) is 11.5 Å². The number of nitrogens with zero attached hydrogens (tertiary/aromatic N) is 2. The second-order valence-electron chi connectivity index (χ2n) is 2.61. The van der Waals surface area contributed by atoms with Crippen molar-refractivity contribution >= 4 is 0 Å². The van der Waals surface area contributed by atoms with Crippen molar-refractivity contribution < 1.29 is 8.83 Å². The maximum Gasteiger partial charge on any atom is 0.181 e. The van der Waals surface area contributed by atoms with Gasteiger partial charge in [-0.1, -0.05) is 13.8 Å². The van der Waals surface area contributed by atoms with Crippen LogP contribution in [0, 0.1) is 20.8 Å². The fourth-order valence-corrected chi connectivity index (χ4v) is 0.640. The largest absolute Gasteiger partial charge is 0.449 e. The summed E-state index contributed by atoms with van der Waals surface area (Å²) in [4.78, 5) is 7.50. The predicted octanol–water partition coefficient (Wildman–Crippen LogP) is 3.30. The molecule has 0 aromatic carbocycles. The van der Waals surface area contributed by atoms with Crippen molar-refractivity contribution in [3.63, 3.8) is 0 Å². The normalized spacial score (nSPS) is 8.33. The zero-order valence-electron chi connectivity index (χ0n) is 9.94. The number of oxazole rings is 2. The first-order valence-corrected chi connectivity index (χ1v) is 4.92. The molecule has 0 spiro atoms. The van der Waals surface area contributed by atoms with Crippen LogP contribution in [0.5, 0.6) is 0 Å². The Bertz CT molecular complexity index is 323. The Morgan fingerprint density at radius 2 is 1.67 bits per heavy atom. The fraction of sp³-hybridized carbons (Fsp3) is 0.455. The van der Waals surface area contributed by atoms with Crippen LogP contribution in [-0.4, -0.2) is 9.97 Å². The Hall–Kier alpha value is -1.58. The molecule has 0 N–H and O–H groups in total. The molecule has 4 heteroatoms. The standard InChI is InChI=1S/C5H7NO.C4H5NO.C2H6/c1-4-5(2)7-3-6-4;1-4-2-5-3-6-4;1-2/h3H,1-2H3;2-3H,1H3;1-2H3. The van der Waals surface area contributed by atoms with Crippen LogP contribution >= 0.6 is 0 Å². The minimum absolute atomic E-state index is 0.856. The Morgan fingerprint density at radius 3 is 1.80 bits per heavy atom. The van der Waals surface area contributed by atoms with Gasteiger partial charge in [-0.2, -0.15) is 0 Å². The summed E-state index contributed by atoms with van der Waals surface area (Å²) in [5.41, 5.74) is 0.972. The summed E-state index contributed by atoms with van der Waals surface area (Å²) < 4.78 is 9.58. The first-order chi connectivity index (χ1) is 7.20. The van der Waals surface area contributed by atoms with Crippen molar-refractivity contribution in [2.75, 3.05) is 0 Å². The smallest absolute Gasteiger partial charge is 0.181 e. The van der Waals surface area contributed by atoms with E-state index < -0.39 is 0 Å². The van der Waals surface area contributed by atoms with Crippen LogP contribution in [-0.2, 0) is 0 Å². The second-order valence-corrected chi connectivity index (χ2v) is 2.61. The average molecular weight is 210 g/mol. The van der Waals surface area contributed by atoms with Gasteiger partial charge in [-0.25, -0.2) is 9.97 Å². The van der Waals surface area contributed by atoms with Gasteiger partial charge in [0.15, 0.2) is 12.8 Å². The van der Waals surface area contributed by atoms with E-state index in [4.69, 9.17) is 8.83 Å². The number of rotatable bonds is 0. The van der Waals surface area contributed by atoms with E-state index >= 15 is 0 Å². The molecule has 0 unspecified atom stereocenters. The highest BCUT2D eigenvalue weighted by Crippen LogP contribution is 1.99. The summed E-state index contributed by atoms with van der Waals surface area (Å²) in [5, 5.41) is 0. The second kappa shape index (κ2) is 7.79. The molecule has 4 nitrogen and oxygen atoms in total. The molecule has 15 heavy (non-hydrogen) atoms. The Balaban J connectivity index is 0.000000227. The van der Waals surface area contributed by atoms with Crippen molar-refractivity contribution in [3.8, 4) is 0 Å². The van der Waals surface area contributed by atoms with Crippen LogP contribution in [0.4, 0.5) is 0 Å². The van der Waals surface area contributed by atoms with E-state index in [-0.39, 0.29) is 0 Å². The number of aromatic nitrogens is 2.